The summed E-state index contributed by atoms with van der Waals surface area (Å²) in [6.45, 7) is 0.323. The van der Waals surface area contributed by atoms with Crippen molar-refractivity contribution >= 4 is 53.5 Å². The molecule has 1 amide bonds. The molecule has 1 aromatic rings. The summed E-state index contributed by atoms with van der Waals surface area (Å²) < 4.78 is 27.7. The molecule has 1 unspecified atom stereocenters. The fourth-order valence-electron chi connectivity index (χ4n) is 2.40. The van der Waals surface area contributed by atoms with Gasteiger partial charge in [0, 0.05) is 28.2 Å². The maximum absolute atomic E-state index is 12.9. The van der Waals surface area contributed by atoms with Gasteiger partial charge in [-0.25, -0.2) is 8.42 Å². The molecule has 0 aromatic heterocycles. The summed E-state index contributed by atoms with van der Waals surface area (Å²) in [6, 6.07) is 2.39. The highest BCUT2D eigenvalue weighted by Crippen LogP contribution is 2.36. The third-order valence-corrected chi connectivity index (χ3v) is 7.13. The number of hydrogen-bond acceptors (Lipinski definition) is 4. The number of halogens is 2. The molecule has 1 heterocycles. The van der Waals surface area contributed by atoms with Gasteiger partial charge < -0.3 is 11.1 Å². The van der Waals surface area contributed by atoms with Crippen LogP contribution in [-0.2, 0) is 14.8 Å². The molecule has 2 rings (SSSR count). The minimum Gasteiger partial charge on any atom is -0.399 e. The van der Waals surface area contributed by atoms with E-state index in [-0.39, 0.29) is 10.8 Å². The van der Waals surface area contributed by atoms with E-state index in [1.807, 2.05) is 0 Å². The second-order valence-corrected chi connectivity index (χ2v) is 8.24. The van der Waals surface area contributed by atoms with Crippen LogP contribution < -0.4 is 11.1 Å². The zero-order valence-corrected chi connectivity index (χ0v) is 15.3. The van der Waals surface area contributed by atoms with Crippen molar-refractivity contribution < 1.29 is 13.2 Å². The largest absolute Gasteiger partial charge is 0.399 e. The van der Waals surface area contributed by atoms with Crippen molar-refractivity contribution in [1.82, 2.24) is 9.62 Å². The van der Waals surface area contributed by atoms with E-state index in [0.29, 0.717) is 34.0 Å². The number of carbonyl (C=O) groups excluding carboxylic acids is 1. The van der Waals surface area contributed by atoms with Crippen molar-refractivity contribution in [3.05, 3.63) is 21.1 Å². The number of rotatable bonds is 3. The van der Waals surface area contributed by atoms with Crippen LogP contribution in [-0.4, -0.2) is 38.3 Å². The summed E-state index contributed by atoms with van der Waals surface area (Å²) in [7, 11) is -2.30. The molecule has 0 spiro atoms. The first kappa shape index (κ1) is 16.7. The van der Waals surface area contributed by atoms with Crippen LogP contribution in [0.3, 0.4) is 0 Å². The summed E-state index contributed by atoms with van der Waals surface area (Å²) in [5, 5.41) is 2.51. The summed E-state index contributed by atoms with van der Waals surface area (Å²) in [5.41, 5.74) is 6.13. The number of anilines is 1. The Labute approximate surface area is 140 Å². The average molecular weight is 441 g/mol. The molecule has 1 saturated heterocycles. The monoisotopic (exact) mass is 439 g/mol. The molecule has 116 valence electrons. The maximum Gasteiger partial charge on any atom is 0.246 e. The van der Waals surface area contributed by atoms with Gasteiger partial charge in [0.1, 0.15) is 10.9 Å². The zero-order valence-electron chi connectivity index (χ0n) is 11.3. The molecule has 0 aliphatic carbocycles. The normalized spacial score (nSPS) is 19.7. The van der Waals surface area contributed by atoms with E-state index in [0.717, 1.165) is 0 Å². The number of nitrogens with two attached hydrogens (primary N) is 1. The van der Waals surface area contributed by atoms with Gasteiger partial charge in [0.2, 0.25) is 15.9 Å². The summed E-state index contributed by atoms with van der Waals surface area (Å²) >= 11 is 6.48. The number of nitrogen functional groups attached to an aromatic ring is 1. The molecule has 0 radical (unpaired) electrons. The number of nitrogens with zero attached hydrogens (tertiary/aromatic N) is 1. The lowest BCUT2D eigenvalue weighted by atomic mass is 10.2. The van der Waals surface area contributed by atoms with Gasteiger partial charge in [-0.2, -0.15) is 4.31 Å². The molecule has 3 N–H and O–H groups in total. The van der Waals surface area contributed by atoms with Crippen LogP contribution in [0.15, 0.2) is 26.0 Å². The van der Waals surface area contributed by atoms with Crippen LogP contribution in [0.2, 0.25) is 0 Å². The zero-order chi connectivity index (χ0) is 15.8. The van der Waals surface area contributed by atoms with E-state index in [4.69, 9.17) is 5.73 Å². The predicted octanol–water partition coefficient (Wildman–Crippen LogP) is 1.69. The number of benzene rings is 1. The highest BCUT2D eigenvalue weighted by Gasteiger charge is 2.40. The number of amides is 1. The molecule has 1 fully saturated rings. The van der Waals surface area contributed by atoms with Gasteiger partial charge >= 0.3 is 0 Å². The smallest absolute Gasteiger partial charge is 0.246 e. The predicted molar refractivity (Wildman–Crippen MR) is 87.2 cm³/mol. The van der Waals surface area contributed by atoms with Crippen LogP contribution in [0, 0.1) is 0 Å². The second kappa shape index (κ2) is 6.23. The fraction of sp³-hybridized carbons (Fsp3) is 0.417. The highest BCUT2D eigenvalue weighted by molar-refractivity contribution is 9.11. The van der Waals surface area contributed by atoms with Crippen LogP contribution in [0.5, 0.6) is 0 Å². The molecule has 0 saturated carbocycles. The quantitative estimate of drug-likeness (QED) is 0.699. The molecule has 1 aliphatic rings. The van der Waals surface area contributed by atoms with E-state index in [1.54, 1.807) is 0 Å². The molecule has 9 heteroatoms. The highest BCUT2D eigenvalue weighted by atomic mass is 79.9. The first-order chi connectivity index (χ1) is 9.78. The van der Waals surface area contributed by atoms with Crippen molar-refractivity contribution in [3.63, 3.8) is 0 Å². The van der Waals surface area contributed by atoms with Crippen molar-refractivity contribution in [2.75, 3.05) is 19.3 Å². The lowest BCUT2D eigenvalue weighted by molar-refractivity contribution is -0.123. The number of hydrogen-bond donors (Lipinski definition) is 2. The van der Waals surface area contributed by atoms with E-state index < -0.39 is 16.1 Å². The maximum atomic E-state index is 12.9. The Morgan fingerprint density at radius 3 is 2.48 bits per heavy atom. The molecular formula is C12H15Br2N3O3S. The van der Waals surface area contributed by atoms with Crippen LogP contribution in [0.1, 0.15) is 12.8 Å². The molecule has 21 heavy (non-hydrogen) atoms. The Hall–Kier alpha value is -0.640. The van der Waals surface area contributed by atoms with Crippen LogP contribution in [0.4, 0.5) is 5.69 Å². The molecule has 1 aliphatic heterocycles. The van der Waals surface area contributed by atoms with E-state index >= 15 is 0 Å². The van der Waals surface area contributed by atoms with Gasteiger partial charge in [-0.15, -0.1) is 0 Å². The molecule has 6 nitrogen and oxygen atoms in total. The Kier molecular flexibility index (Phi) is 4.96. The fourth-order valence-corrected chi connectivity index (χ4v) is 6.60. The molecule has 1 aromatic carbocycles. The topological polar surface area (TPSA) is 92.5 Å². The van der Waals surface area contributed by atoms with E-state index in [9.17, 15) is 13.2 Å². The van der Waals surface area contributed by atoms with Crippen molar-refractivity contribution in [1.29, 1.82) is 0 Å². The van der Waals surface area contributed by atoms with Gasteiger partial charge in [0.05, 0.1) is 0 Å². The van der Waals surface area contributed by atoms with Gasteiger partial charge in [-0.3, -0.25) is 4.79 Å². The average Bonchev–Trinajstić information content (AvgIpc) is 2.86. The summed E-state index contributed by atoms with van der Waals surface area (Å²) in [4.78, 5) is 12.0. The van der Waals surface area contributed by atoms with Crippen molar-refractivity contribution in [2.45, 2.75) is 23.8 Å². The van der Waals surface area contributed by atoms with Crippen LogP contribution in [0.25, 0.3) is 0 Å². The third kappa shape index (κ3) is 3.10. The van der Waals surface area contributed by atoms with Crippen molar-refractivity contribution in [3.8, 4) is 0 Å². The first-order valence-electron chi connectivity index (χ1n) is 6.27. The minimum absolute atomic E-state index is 0.0903. The van der Waals surface area contributed by atoms with Gasteiger partial charge in [0.15, 0.2) is 0 Å². The van der Waals surface area contributed by atoms with Gasteiger partial charge in [-0.1, -0.05) is 0 Å². The first-order valence-corrected chi connectivity index (χ1v) is 9.29. The van der Waals surface area contributed by atoms with Crippen LogP contribution >= 0.6 is 31.9 Å². The van der Waals surface area contributed by atoms with Gasteiger partial charge in [-0.05, 0) is 56.8 Å². The Bertz CT molecular complexity index is 655. The number of carbonyl (C=O) groups is 1. The lowest BCUT2D eigenvalue weighted by Crippen LogP contribution is -2.44. The summed E-state index contributed by atoms with van der Waals surface area (Å²) in [6.07, 6.45) is 1.17. The second-order valence-electron chi connectivity index (χ2n) is 4.70. The Balaban J connectivity index is 2.50. The van der Waals surface area contributed by atoms with E-state index in [1.165, 1.54) is 23.5 Å². The Morgan fingerprint density at radius 1 is 1.38 bits per heavy atom. The van der Waals surface area contributed by atoms with Crippen molar-refractivity contribution in [2.24, 2.45) is 0 Å². The number of likely N-dealkylation sites (N-methyl/N-ethyl adjacent to an activating group) is 1. The third-order valence-electron chi connectivity index (χ3n) is 3.34. The Morgan fingerprint density at radius 2 is 1.95 bits per heavy atom. The molecular weight excluding hydrogens is 426 g/mol. The van der Waals surface area contributed by atoms with Gasteiger partial charge in [0.25, 0.3) is 0 Å². The lowest BCUT2D eigenvalue weighted by Gasteiger charge is -2.24. The van der Waals surface area contributed by atoms with E-state index in [2.05, 4.69) is 37.2 Å². The molecule has 1 atom stereocenters. The number of sulfonamides is 1. The molecule has 0 bridgehead atoms. The minimum atomic E-state index is -3.80. The number of nitrogens with one attached hydrogen (secondary N) is 1. The summed E-state index contributed by atoms with van der Waals surface area (Å²) in [5.74, 6) is -0.293. The standard InChI is InChI=1S/C12H15Br2N3O3S/c1-16-12(18)10-3-2-4-17(10)21(19,20)11-8(13)5-7(15)6-9(11)14/h5-6,10H,2-4,15H2,1H3,(H,16,18). The SMILES string of the molecule is CNC(=O)C1CCCN1S(=O)(=O)c1c(Br)cc(N)cc1Br.